The van der Waals surface area contributed by atoms with Crippen molar-refractivity contribution in [1.82, 2.24) is 5.32 Å². The molecule has 0 heterocycles. The second-order valence-corrected chi connectivity index (χ2v) is 5.15. The predicted octanol–water partition coefficient (Wildman–Crippen LogP) is 2.56. The summed E-state index contributed by atoms with van der Waals surface area (Å²) in [7, 11) is 2.03. The van der Waals surface area contributed by atoms with E-state index in [1.165, 1.54) is 25.7 Å². The van der Waals surface area contributed by atoms with Gasteiger partial charge in [-0.25, -0.2) is 0 Å². The first-order valence-electron chi connectivity index (χ1n) is 6.54. The van der Waals surface area contributed by atoms with E-state index >= 15 is 0 Å². The van der Waals surface area contributed by atoms with Gasteiger partial charge in [-0.1, -0.05) is 33.1 Å². The lowest BCUT2D eigenvalue weighted by Gasteiger charge is -2.37. The van der Waals surface area contributed by atoms with Crippen LogP contribution in [0, 0.1) is 11.8 Å². The molecule has 2 N–H and O–H groups in total. The monoisotopic (exact) mass is 213 g/mol. The SMILES string of the molecule is CCCCC(C)C1CCC(O)CC1NC. The lowest BCUT2D eigenvalue weighted by atomic mass is 9.74. The number of aliphatic hydroxyl groups is 1. The molecule has 1 aliphatic carbocycles. The Morgan fingerprint density at radius 2 is 2.13 bits per heavy atom. The normalized spacial score (nSPS) is 34.0. The Morgan fingerprint density at radius 1 is 1.40 bits per heavy atom. The summed E-state index contributed by atoms with van der Waals surface area (Å²) in [4.78, 5) is 0. The summed E-state index contributed by atoms with van der Waals surface area (Å²) < 4.78 is 0. The average Bonchev–Trinajstić information content (AvgIpc) is 2.25. The number of hydrogen-bond acceptors (Lipinski definition) is 2. The van der Waals surface area contributed by atoms with E-state index in [4.69, 9.17) is 0 Å². The van der Waals surface area contributed by atoms with Crippen molar-refractivity contribution in [3.05, 3.63) is 0 Å². The van der Waals surface area contributed by atoms with Crippen LogP contribution < -0.4 is 5.32 Å². The summed E-state index contributed by atoms with van der Waals surface area (Å²) in [6, 6.07) is 0.528. The molecule has 1 aliphatic rings. The van der Waals surface area contributed by atoms with Crippen LogP contribution in [0.4, 0.5) is 0 Å². The van der Waals surface area contributed by atoms with E-state index in [-0.39, 0.29) is 6.10 Å². The van der Waals surface area contributed by atoms with E-state index in [1.807, 2.05) is 7.05 Å². The zero-order chi connectivity index (χ0) is 11.3. The lowest BCUT2D eigenvalue weighted by Crippen LogP contribution is -2.43. The minimum atomic E-state index is -0.0722. The van der Waals surface area contributed by atoms with Gasteiger partial charge < -0.3 is 10.4 Å². The molecule has 0 amide bonds. The fourth-order valence-corrected chi connectivity index (χ4v) is 2.92. The van der Waals surface area contributed by atoms with Crippen molar-refractivity contribution < 1.29 is 5.11 Å². The molecule has 1 rings (SSSR count). The summed E-state index contributed by atoms with van der Waals surface area (Å²) >= 11 is 0. The molecule has 0 radical (unpaired) electrons. The van der Waals surface area contributed by atoms with Crippen LogP contribution in [0.1, 0.15) is 52.4 Å². The molecule has 0 aromatic heterocycles. The standard InChI is InChI=1S/C13H27NO/c1-4-5-6-10(2)12-8-7-11(15)9-13(12)14-3/h10-15H,4-9H2,1-3H3. The minimum Gasteiger partial charge on any atom is -0.393 e. The first-order valence-corrected chi connectivity index (χ1v) is 6.54. The van der Waals surface area contributed by atoms with Crippen LogP contribution in [0.5, 0.6) is 0 Å². The van der Waals surface area contributed by atoms with E-state index in [9.17, 15) is 5.11 Å². The molecular formula is C13H27NO. The number of nitrogens with one attached hydrogen (secondary N) is 1. The van der Waals surface area contributed by atoms with Crippen LogP contribution in [-0.4, -0.2) is 24.3 Å². The lowest BCUT2D eigenvalue weighted by molar-refractivity contribution is 0.0669. The van der Waals surface area contributed by atoms with Crippen molar-refractivity contribution in [3.63, 3.8) is 0 Å². The summed E-state index contributed by atoms with van der Waals surface area (Å²) in [5.41, 5.74) is 0. The zero-order valence-corrected chi connectivity index (χ0v) is 10.5. The van der Waals surface area contributed by atoms with Crippen LogP contribution in [0.15, 0.2) is 0 Å². The highest BCUT2D eigenvalue weighted by Gasteiger charge is 2.31. The van der Waals surface area contributed by atoms with Gasteiger partial charge in [0.25, 0.3) is 0 Å². The molecule has 0 aromatic rings. The highest BCUT2D eigenvalue weighted by atomic mass is 16.3. The Balaban J connectivity index is 2.43. The van der Waals surface area contributed by atoms with Crippen molar-refractivity contribution in [2.24, 2.45) is 11.8 Å². The Kier molecular flexibility index (Phi) is 5.62. The van der Waals surface area contributed by atoms with Crippen molar-refractivity contribution in [3.8, 4) is 0 Å². The smallest absolute Gasteiger partial charge is 0.0555 e. The van der Waals surface area contributed by atoms with Gasteiger partial charge in [-0.2, -0.15) is 0 Å². The molecular weight excluding hydrogens is 186 g/mol. The van der Waals surface area contributed by atoms with Gasteiger partial charge in [-0.05, 0) is 38.1 Å². The van der Waals surface area contributed by atoms with Gasteiger partial charge in [0.15, 0.2) is 0 Å². The molecule has 2 heteroatoms. The fourth-order valence-electron chi connectivity index (χ4n) is 2.92. The van der Waals surface area contributed by atoms with Gasteiger partial charge in [0.05, 0.1) is 6.10 Å². The molecule has 0 aromatic carbocycles. The van der Waals surface area contributed by atoms with Crippen molar-refractivity contribution in [2.45, 2.75) is 64.5 Å². The molecule has 1 saturated carbocycles. The number of unbranched alkanes of at least 4 members (excludes halogenated alkanes) is 1. The third-order valence-electron chi connectivity index (χ3n) is 3.99. The van der Waals surface area contributed by atoms with Crippen molar-refractivity contribution in [1.29, 1.82) is 0 Å². The Morgan fingerprint density at radius 3 is 2.73 bits per heavy atom. The number of rotatable bonds is 5. The molecule has 2 nitrogen and oxygen atoms in total. The summed E-state index contributed by atoms with van der Waals surface area (Å²) in [6.07, 6.45) is 7.04. The maximum absolute atomic E-state index is 9.65. The highest BCUT2D eigenvalue weighted by molar-refractivity contribution is 4.86. The molecule has 0 spiro atoms. The molecule has 15 heavy (non-hydrogen) atoms. The first kappa shape index (κ1) is 13.0. The highest BCUT2D eigenvalue weighted by Crippen LogP contribution is 2.32. The van der Waals surface area contributed by atoms with Gasteiger partial charge in [-0.3, -0.25) is 0 Å². The molecule has 4 unspecified atom stereocenters. The van der Waals surface area contributed by atoms with E-state index in [0.717, 1.165) is 24.7 Å². The third kappa shape index (κ3) is 3.76. The van der Waals surface area contributed by atoms with Crippen molar-refractivity contribution >= 4 is 0 Å². The van der Waals surface area contributed by atoms with Gasteiger partial charge >= 0.3 is 0 Å². The number of hydrogen-bond donors (Lipinski definition) is 2. The van der Waals surface area contributed by atoms with Gasteiger partial charge in [-0.15, -0.1) is 0 Å². The largest absolute Gasteiger partial charge is 0.393 e. The Bertz CT molecular complexity index is 172. The van der Waals surface area contributed by atoms with Gasteiger partial charge in [0.1, 0.15) is 0 Å². The topological polar surface area (TPSA) is 32.3 Å². The maximum Gasteiger partial charge on any atom is 0.0555 e. The van der Waals surface area contributed by atoms with Crippen LogP contribution in [0.3, 0.4) is 0 Å². The van der Waals surface area contributed by atoms with Crippen LogP contribution in [0.25, 0.3) is 0 Å². The van der Waals surface area contributed by atoms with E-state index in [2.05, 4.69) is 19.2 Å². The van der Waals surface area contributed by atoms with E-state index in [1.54, 1.807) is 0 Å². The predicted molar refractivity (Wildman–Crippen MR) is 64.9 cm³/mol. The fraction of sp³-hybridized carbons (Fsp3) is 1.00. The average molecular weight is 213 g/mol. The van der Waals surface area contributed by atoms with Crippen LogP contribution in [0.2, 0.25) is 0 Å². The quantitative estimate of drug-likeness (QED) is 0.735. The molecule has 0 saturated heterocycles. The maximum atomic E-state index is 9.65. The minimum absolute atomic E-state index is 0.0722. The summed E-state index contributed by atoms with van der Waals surface area (Å²) in [6.45, 7) is 4.63. The van der Waals surface area contributed by atoms with Gasteiger partial charge in [0.2, 0.25) is 0 Å². The van der Waals surface area contributed by atoms with E-state index < -0.39 is 0 Å². The second-order valence-electron chi connectivity index (χ2n) is 5.15. The van der Waals surface area contributed by atoms with Crippen molar-refractivity contribution in [2.75, 3.05) is 7.05 Å². The Labute approximate surface area is 94.5 Å². The van der Waals surface area contributed by atoms with Gasteiger partial charge in [0, 0.05) is 6.04 Å². The van der Waals surface area contributed by atoms with Crippen LogP contribution in [-0.2, 0) is 0 Å². The molecule has 0 bridgehead atoms. The molecule has 4 atom stereocenters. The number of aliphatic hydroxyl groups excluding tert-OH is 1. The van der Waals surface area contributed by atoms with E-state index in [0.29, 0.717) is 6.04 Å². The summed E-state index contributed by atoms with van der Waals surface area (Å²) in [5.74, 6) is 1.57. The first-order chi connectivity index (χ1) is 7.19. The second kappa shape index (κ2) is 6.49. The molecule has 1 fully saturated rings. The molecule has 90 valence electrons. The third-order valence-corrected chi connectivity index (χ3v) is 3.99. The zero-order valence-electron chi connectivity index (χ0n) is 10.5. The summed E-state index contributed by atoms with van der Waals surface area (Å²) in [5, 5.41) is 13.0. The Hall–Kier alpha value is -0.0800. The molecule has 0 aliphatic heterocycles. The van der Waals surface area contributed by atoms with Crippen LogP contribution >= 0.6 is 0 Å².